The van der Waals surface area contributed by atoms with Crippen LogP contribution < -0.4 is 5.32 Å². The first-order valence-electron chi connectivity index (χ1n) is 4.13. The Morgan fingerprint density at radius 2 is 2.17 bits per heavy atom. The minimum absolute atomic E-state index is 0.0443. The van der Waals surface area contributed by atoms with Crippen LogP contribution in [0.5, 0.6) is 0 Å². The van der Waals surface area contributed by atoms with Crippen LogP contribution in [0.2, 0.25) is 0 Å². The fraction of sp³-hybridized carbons (Fsp3) is 0.778. The number of nitrogens with one attached hydrogen (secondary N) is 1. The molecule has 0 aromatic carbocycles. The fourth-order valence-corrected chi connectivity index (χ4v) is 1.19. The largest absolute Gasteiger partial charge is 0.376 e. The molecule has 1 aliphatic rings. The Morgan fingerprint density at radius 3 is 2.83 bits per heavy atom. The average Bonchev–Trinajstić information content (AvgIpc) is 2.05. The van der Waals surface area contributed by atoms with Crippen LogP contribution in [-0.4, -0.2) is 39.5 Å². The van der Waals surface area contributed by atoms with Gasteiger partial charge in [-0.3, -0.25) is 0 Å². The maximum absolute atomic E-state index is 5.24. The fourth-order valence-electron chi connectivity index (χ4n) is 1.19. The predicted molar refractivity (Wildman–Crippen MR) is 46.9 cm³/mol. The summed E-state index contributed by atoms with van der Waals surface area (Å²) in [6, 6.07) is 0. The van der Waals surface area contributed by atoms with E-state index in [4.69, 9.17) is 9.47 Å². The second kappa shape index (κ2) is 5.15. The van der Waals surface area contributed by atoms with Gasteiger partial charge in [-0.15, -0.1) is 0 Å². The van der Waals surface area contributed by atoms with Gasteiger partial charge in [-0.25, -0.2) is 0 Å². The van der Waals surface area contributed by atoms with Crippen molar-refractivity contribution < 1.29 is 9.47 Å². The van der Waals surface area contributed by atoms with Crippen LogP contribution in [-0.2, 0) is 9.47 Å². The molecule has 0 aliphatic carbocycles. The zero-order valence-corrected chi connectivity index (χ0v) is 7.59. The van der Waals surface area contributed by atoms with Crippen LogP contribution in [0, 0.1) is 11.8 Å². The van der Waals surface area contributed by atoms with Crippen molar-refractivity contribution in [2.24, 2.45) is 0 Å². The highest BCUT2D eigenvalue weighted by molar-refractivity contribution is 5.09. The summed E-state index contributed by atoms with van der Waals surface area (Å²) < 4.78 is 10.4. The monoisotopic (exact) mass is 169 g/mol. The van der Waals surface area contributed by atoms with E-state index in [1.54, 1.807) is 14.2 Å². The van der Waals surface area contributed by atoms with Gasteiger partial charge in [-0.1, -0.05) is 11.8 Å². The summed E-state index contributed by atoms with van der Waals surface area (Å²) >= 11 is 0. The van der Waals surface area contributed by atoms with Gasteiger partial charge in [0.2, 0.25) is 0 Å². The van der Waals surface area contributed by atoms with Gasteiger partial charge in [0.15, 0.2) is 0 Å². The molecule has 68 valence electrons. The molecule has 2 unspecified atom stereocenters. The Bertz CT molecular complexity index is 183. The molecular weight excluding hydrogens is 154 g/mol. The lowest BCUT2D eigenvalue weighted by Crippen LogP contribution is -2.39. The Hall–Kier alpha value is -0.560. The van der Waals surface area contributed by atoms with Gasteiger partial charge in [0.1, 0.15) is 12.2 Å². The average molecular weight is 169 g/mol. The molecular formula is C9H15NO2. The molecule has 2 atom stereocenters. The lowest BCUT2D eigenvalue weighted by molar-refractivity contribution is -0.00597. The quantitative estimate of drug-likeness (QED) is 0.591. The highest BCUT2D eigenvalue weighted by Crippen LogP contribution is 2.02. The SMILES string of the molecule is COC1C#CCCNCC1OC. The van der Waals surface area contributed by atoms with Crippen LogP contribution in [0.4, 0.5) is 0 Å². The number of rotatable bonds is 2. The summed E-state index contributed by atoms with van der Waals surface area (Å²) in [6.07, 6.45) is 0.835. The van der Waals surface area contributed by atoms with Crippen molar-refractivity contribution in [2.45, 2.75) is 18.6 Å². The van der Waals surface area contributed by atoms with Crippen LogP contribution in [0.3, 0.4) is 0 Å². The van der Waals surface area contributed by atoms with Crippen molar-refractivity contribution in [1.82, 2.24) is 5.32 Å². The zero-order valence-electron chi connectivity index (χ0n) is 7.59. The van der Waals surface area contributed by atoms with Gasteiger partial charge in [0.05, 0.1) is 0 Å². The Kier molecular flexibility index (Phi) is 4.09. The lowest BCUT2D eigenvalue weighted by atomic mass is 10.1. The molecule has 1 aliphatic heterocycles. The minimum Gasteiger partial charge on any atom is -0.376 e. The maximum Gasteiger partial charge on any atom is 0.145 e. The van der Waals surface area contributed by atoms with Crippen molar-refractivity contribution in [2.75, 3.05) is 27.3 Å². The molecule has 1 heterocycles. The molecule has 0 fully saturated rings. The van der Waals surface area contributed by atoms with Crippen LogP contribution in [0.15, 0.2) is 0 Å². The summed E-state index contributed by atoms with van der Waals surface area (Å²) in [4.78, 5) is 0. The van der Waals surface area contributed by atoms with Crippen molar-refractivity contribution in [3.8, 4) is 11.8 Å². The van der Waals surface area contributed by atoms with E-state index in [9.17, 15) is 0 Å². The van der Waals surface area contributed by atoms with Crippen molar-refractivity contribution in [1.29, 1.82) is 0 Å². The van der Waals surface area contributed by atoms with Crippen LogP contribution >= 0.6 is 0 Å². The number of methoxy groups -OCH3 is 2. The van der Waals surface area contributed by atoms with Gasteiger partial charge < -0.3 is 14.8 Å². The standard InChI is InChI=1S/C9H15NO2/c1-11-8-5-3-4-6-10-7-9(8)12-2/h8-10H,4,6-7H2,1-2H3. The van der Waals surface area contributed by atoms with E-state index in [-0.39, 0.29) is 12.2 Å². The van der Waals surface area contributed by atoms with Gasteiger partial charge in [0.25, 0.3) is 0 Å². The predicted octanol–water partition coefficient (Wildman–Crippen LogP) is 0.0131. The third-order valence-corrected chi connectivity index (χ3v) is 1.91. The third-order valence-electron chi connectivity index (χ3n) is 1.91. The molecule has 0 amide bonds. The highest BCUT2D eigenvalue weighted by Gasteiger charge is 2.18. The molecule has 0 saturated heterocycles. The smallest absolute Gasteiger partial charge is 0.145 e. The topological polar surface area (TPSA) is 30.5 Å². The molecule has 1 N–H and O–H groups in total. The van der Waals surface area contributed by atoms with Gasteiger partial charge in [-0.2, -0.15) is 0 Å². The second-order valence-corrected chi connectivity index (χ2v) is 2.71. The molecule has 0 bridgehead atoms. The van der Waals surface area contributed by atoms with Crippen molar-refractivity contribution in [3.63, 3.8) is 0 Å². The van der Waals surface area contributed by atoms with Gasteiger partial charge >= 0.3 is 0 Å². The van der Waals surface area contributed by atoms with Crippen LogP contribution in [0.25, 0.3) is 0 Å². The molecule has 1 rings (SSSR count). The van der Waals surface area contributed by atoms with E-state index < -0.39 is 0 Å². The molecule has 0 aromatic rings. The normalized spacial score (nSPS) is 29.8. The van der Waals surface area contributed by atoms with E-state index in [1.165, 1.54) is 0 Å². The molecule has 0 saturated carbocycles. The Balaban J connectivity index is 2.58. The first kappa shape index (κ1) is 9.53. The zero-order chi connectivity index (χ0) is 8.81. The molecule has 0 radical (unpaired) electrons. The number of hydrogen-bond donors (Lipinski definition) is 1. The Morgan fingerprint density at radius 1 is 1.33 bits per heavy atom. The van der Waals surface area contributed by atoms with E-state index in [1.807, 2.05) is 0 Å². The Labute approximate surface area is 73.4 Å². The lowest BCUT2D eigenvalue weighted by Gasteiger charge is -2.22. The third kappa shape index (κ3) is 2.49. The first-order valence-corrected chi connectivity index (χ1v) is 4.13. The van der Waals surface area contributed by atoms with Gasteiger partial charge in [-0.05, 0) is 0 Å². The van der Waals surface area contributed by atoms with Gasteiger partial charge in [0, 0.05) is 33.7 Å². The summed E-state index contributed by atoms with van der Waals surface area (Å²) in [5.74, 6) is 6.07. The molecule has 3 heteroatoms. The van der Waals surface area contributed by atoms with E-state index in [0.717, 1.165) is 19.5 Å². The van der Waals surface area contributed by atoms with Crippen molar-refractivity contribution in [3.05, 3.63) is 0 Å². The van der Waals surface area contributed by atoms with E-state index in [2.05, 4.69) is 17.2 Å². The number of ether oxygens (including phenoxy) is 2. The summed E-state index contributed by atoms with van der Waals surface area (Å²) in [6.45, 7) is 1.74. The molecule has 0 aromatic heterocycles. The van der Waals surface area contributed by atoms with Crippen molar-refractivity contribution >= 4 is 0 Å². The summed E-state index contributed by atoms with van der Waals surface area (Å²) in [7, 11) is 3.34. The second-order valence-electron chi connectivity index (χ2n) is 2.71. The summed E-state index contributed by atoms with van der Waals surface area (Å²) in [5.41, 5.74) is 0. The highest BCUT2D eigenvalue weighted by atomic mass is 16.5. The maximum atomic E-state index is 5.24. The van der Waals surface area contributed by atoms with E-state index in [0.29, 0.717) is 0 Å². The minimum atomic E-state index is -0.0946. The first-order chi connectivity index (χ1) is 5.88. The number of hydrogen-bond acceptors (Lipinski definition) is 3. The van der Waals surface area contributed by atoms with Crippen LogP contribution in [0.1, 0.15) is 6.42 Å². The molecule has 0 spiro atoms. The molecule has 3 nitrogen and oxygen atoms in total. The molecule has 12 heavy (non-hydrogen) atoms. The van der Waals surface area contributed by atoms with E-state index >= 15 is 0 Å². The summed E-state index contributed by atoms with van der Waals surface area (Å²) in [5, 5.41) is 3.25.